The predicted molar refractivity (Wildman–Crippen MR) is 79.0 cm³/mol. The van der Waals surface area contributed by atoms with Crippen LogP contribution >= 0.6 is 15.9 Å². The normalized spacial score (nSPS) is 14.2. The smallest absolute Gasteiger partial charge is 0.119 e. The maximum absolute atomic E-state index is 5.45. The Bertz CT molecular complexity index is 600. The average molecular weight is 308 g/mol. The minimum atomic E-state index is 0.993. The standard InChI is InChI=1S/C15H18BrNO/c1-10-13(5-6-16)14-9-12(18-2)8-11-4-3-7-17(10)15(11)14/h8-9H,3-7H2,1-2H3. The summed E-state index contributed by atoms with van der Waals surface area (Å²) in [6.07, 6.45) is 3.49. The SMILES string of the molecule is COc1cc2c3c(c1)c(CCBr)c(C)n3CCC2. The van der Waals surface area contributed by atoms with E-state index in [9.17, 15) is 0 Å². The zero-order valence-electron chi connectivity index (χ0n) is 10.9. The molecule has 1 aliphatic rings. The van der Waals surface area contributed by atoms with Crippen LogP contribution in [0.3, 0.4) is 0 Å². The first-order valence-electron chi connectivity index (χ1n) is 6.50. The molecule has 0 radical (unpaired) electrons. The molecular formula is C15H18BrNO. The Kier molecular flexibility index (Phi) is 3.10. The molecule has 1 aromatic carbocycles. The summed E-state index contributed by atoms with van der Waals surface area (Å²) in [5.74, 6) is 0.993. The Morgan fingerprint density at radius 1 is 1.39 bits per heavy atom. The van der Waals surface area contributed by atoms with Crippen LogP contribution in [0, 0.1) is 6.92 Å². The number of hydrogen-bond acceptors (Lipinski definition) is 1. The fourth-order valence-corrected chi connectivity index (χ4v) is 3.56. The van der Waals surface area contributed by atoms with E-state index in [1.165, 1.54) is 40.6 Å². The molecule has 0 saturated carbocycles. The number of aromatic nitrogens is 1. The molecule has 3 rings (SSSR count). The molecule has 0 unspecified atom stereocenters. The number of methoxy groups -OCH3 is 1. The highest BCUT2D eigenvalue weighted by molar-refractivity contribution is 9.09. The molecule has 2 nitrogen and oxygen atoms in total. The summed E-state index contributed by atoms with van der Waals surface area (Å²) in [6, 6.07) is 4.40. The number of alkyl halides is 1. The molecule has 0 spiro atoms. The van der Waals surface area contributed by atoms with Crippen LogP contribution in [0.4, 0.5) is 0 Å². The van der Waals surface area contributed by atoms with Gasteiger partial charge in [0.2, 0.25) is 0 Å². The third-order valence-corrected chi connectivity index (χ3v) is 4.40. The Hall–Kier alpha value is -0.960. The molecule has 0 amide bonds. The van der Waals surface area contributed by atoms with E-state index in [1.54, 1.807) is 7.11 Å². The minimum absolute atomic E-state index is 0.993. The molecule has 3 heteroatoms. The van der Waals surface area contributed by atoms with Crippen molar-refractivity contribution in [3.8, 4) is 5.75 Å². The van der Waals surface area contributed by atoms with E-state index < -0.39 is 0 Å². The monoisotopic (exact) mass is 307 g/mol. The lowest BCUT2D eigenvalue weighted by atomic mass is 10.0. The lowest BCUT2D eigenvalue weighted by molar-refractivity contribution is 0.414. The topological polar surface area (TPSA) is 14.2 Å². The Labute approximate surface area is 116 Å². The molecule has 2 heterocycles. The first-order chi connectivity index (χ1) is 8.76. The van der Waals surface area contributed by atoms with E-state index in [0.717, 1.165) is 24.0 Å². The summed E-state index contributed by atoms with van der Waals surface area (Å²) >= 11 is 3.57. The molecule has 96 valence electrons. The van der Waals surface area contributed by atoms with E-state index in [1.807, 2.05) is 0 Å². The average Bonchev–Trinajstić information content (AvgIpc) is 2.67. The summed E-state index contributed by atoms with van der Waals surface area (Å²) < 4.78 is 7.94. The molecule has 18 heavy (non-hydrogen) atoms. The maximum Gasteiger partial charge on any atom is 0.119 e. The van der Waals surface area contributed by atoms with E-state index in [4.69, 9.17) is 4.74 Å². The van der Waals surface area contributed by atoms with Gasteiger partial charge in [0.1, 0.15) is 5.75 Å². The number of benzene rings is 1. The number of halogens is 1. The third kappa shape index (κ3) is 1.68. The van der Waals surface area contributed by atoms with Gasteiger partial charge >= 0.3 is 0 Å². The molecule has 0 atom stereocenters. The lowest BCUT2D eigenvalue weighted by Crippen LogP contribution is -2.09. The maximum atomic E-state index is 5.45. The molecule has 1 aromatic heterocycles. The van der Waals surface area contributed by atoms with Crippen LogP contribution in [-0.4, -0.2) is 17.0 Å². The Balaban J connectivity index is 2.35. The second-order valence-corrected chi connectivity index (χ2v) is 5.73. The van der Waals surface area contributed by atoms with Gasteiger partial charge in [-0.25, -0.2) is 0 Å². The van der Waals surface area contributed by atoms with Gasteiger partial charge in [-0.1, -0.05) is 15.9 Å². The number of aryl methyl sites for hydroxylation is 3. The summed E-state index contributed by atoms with van der Waals surface area (Å²) in [7, 11) is 1.75. The van der Waals surface area contributed by atoms with E-state index >= 15 is 0 Å². The van der Waals surface area contributed by atoms with Crippen molar-refractivity contribution in [2.75, 3.05) is 12.4 Å². The van der Waals surface area contributed by atoms with Crippen molar-refractivity contribution in [1.29, 1.82) is 0 Å². The van der Waals surface area contributed by atoms with E-state index in [2.05, 4.69) is 39.6 Å². The fraction of sp³-hybridized carbons (Fsp3) is 0.467. The van der Waals surface area contributed by atoms with Crippen LogP contribution in [-0.2, 0) is 19.4 Å². The van der Waals surface area contributed by atoms with Crippen molar-refractivity contribution in [3.63, 3.8) is 0 Å². The quantitative estimate of drug-likeness (QED) is 0.786. The minimum Gasteiger partial charge on any atom is -0.497 e. The van der Waals surface area contributed by atoms with Crippen LogP contribution in [0.15, 0.2) is 12.1 Å². The van der Waals surface area contributed by atoms with Crippen molar-refractivity contribution in [2.24, 2.45) is 0 Å². The predicted octanol–water partition coefficient (Wildman–Crippen LogP) is 3.84. The van der Waals surface area contributed by atoms with Gasteiger partial charge in [-0.2, -0.15) is 0 Å². The molecule has 0 aliphatic carbocycles. The van der Waals surface area contributed by atoms with Crippen LogP contribution in [0.1, 0.15) is 23.2 Å². The molecule has 1 aliphatic heterocycles. The first kappa shape index (κ1) is 12.1. The molecule has 2 aromatic rings. The summed E-state index contributed by atoms with van der Waals surface area (Å²) in [4.78, 5) is 0. The van der Waals surface area contributed by atoms with Crippen LogP contribution in [0.2, 0.25) is 0 Å². The van der Waals surface area contributed by atoms with E-state index in [-0.39, 0.29) is 0 Å². The highest BCUT2D eigenvalue weighted by Crippen LogP contribution is 2.36. The van der Waals surface area contributed by atoms with Gasteiger partial charge in [-0.3, -0.25) is 0 Å². The second kappa shape index (κ2) is 4.61. The lowest BCUT2D eigenvalue weighted by Gasteiger charge is -2.17. The number of hydrogen-bond donors (Lipinski definition) is 0. The van der Waals surface area contributed by atoms with Crippen molar-refractivity contribution >= 4 is 26.8 Å². The van der Waals surface area contributed by atoms with E-state index in [0.29, 0.717) is 0 Å². The highest BCUT2D eigenvalue weighted by atomic mass is 79.9. The molecule has 0 saturated heterocycles. The summed E-state index contributed by atoms with van der Waals surface area (Å²) in [5.41, 5.74) is 5.79. The van der Waals surface area contributed by atoms with Crippen LogP contribution in [0.25, 0.3) is 10.9 Å². The number of ether oxygens (including phenoxy) is 1. The zero-order chi connectivity index (χ0) is 12.7. The van der Waals surface area contributed by atoms with Crippen molar-refractivity contribution in [3.05, 3.63) is 29.0 Å². The first-order valence-corrected chi connectivity index (χ1v) is 7.63. The van der Waals surface area contributed by atoms with Crippen molar-refractivity contribution in [1.82, 2.24) is 4.57 Å². The van der Waals surface area contributed by atoms with Crippen LogP contribution < -0.4 is 4.74 Å². The second-order valence-electron chi connectivity index (χ2n) is 4.94. The largest absolute Gasteiger partial charge is 0.497 e. The molecule has 0 bridgehead atoms. The summed E-state index contributed by atoms with van der Waals surface area (Å²) in [5, 5.41) is 2.40. The molecule has 0 N–H and O–H groups in total. The van der Waals surface area contributed by atoms with Gasteiger partial charge in [0.15, 0.2) is 0 Å². The van der Waals surface area contributed by atoms with Crippen molar-refractivity contribution < 1.29 is 4.74 Å². The number of nitrogens with zero attached hydrogens (tertiary/aromatic N) is 1. The van der Waals surface area contributed by atoms with Gasteiger partial charge in [-0.05, 0) is 49.4 Å². The van der Waals surface area contributed by atoms with Gasteiger partial charge in [0, 0.05) is 23.0 Å². The third-order valence-electron chi connectivity index (χ3n) is 4.01. The van der Waals surface area contributed by atoms with Crippen LogP contribution in [0.5, 0.6) is 5.75 Å². The van der Waals surface area contributed by atoms with Gasteiger partial charge < -0.3 is 9.30 Å². The molecular weight excluding hydrogens is 290 g/mol. The van der Waals surface area contributed by atoms with Gasteiger partial charge in [0.25, 0.3) is 0 Å². The highest BCUT2D eigenvalue weighted by Gasteiger charge is 2.20. The van der Waals surface area contributed by atoms with Gasteiger partial charge in [0.05, 0.1) is 12.6 Å². The Morgan fingerprint density at radius 2 is 2.22 bits per heavy atom. The van der Waals surface area contributed by atoms with Crippen molar-refractivity contribution in [2.45, 2.75) is 32.7 Å². The summed E-state index contributed by atoms with van der Waals surface area (Å²) in [6.45, 7) is 3.41. The zero-order valence-corrected chi connectivity index (χ0v) is 12.5. The number of rotatable bonds is 3. The Morgan fingerprint density at radius 3 is 2.94 bits per heavy atom. The van der Waals surface area contributed by atoms with Gasteiger partial charge in [-0.15, -0.1) is 0 Å². The fourth-order valence-electron chi connectivity index (χ4n) is 3.17. The molecule has 0 fully saturated rings.